The number of nitrogens with one attached hydrogen (secondary N) is 1. The third-order valence-corrected chi connectivity index (χ3v) is 4.06. The molecule has 0 atom stereocenters. The van der Waals surface area contributed by atoms with Gasteiger partial charge in [-0.25, -0.2) is 4.68 Å². The molecule has 3 rings (SSSR count). The Bertz CT molecular complexity index is 633. The number of hydrogen-bond acceptors (Lipinski definition) is 3. The third kappa shape index (κ3) is 3.60. The van der Waals surface area contributed by atoms with E-state index in [0.29, 0.717) is 16.5 Å². The van der Waals surface area contributed by atoms with Gasteiger partial charge in [0.15, 0.2) is 6.73 Å². The van der Waals surface area contributed by atoms with E-state index >= 15 is 0 Å². The molecule has 22 heavy (non-hydrogen) atoms. The topological polar surface area (TPSA) is 56.2 Å². The first kappa shape index (κ1) is 14.9. The van der Waals surface area contributed by atoms with Gasteiger partial charge in [0.2, 0.25) is 0 Å². The minimum Gasteiger partial charge on any atom is -0.471 e. The van der Waals surface area contributed by atoms with Crippen LogP contribution in [0.2, 0.25) is 5.02 Å². The first-order valence-electron chi connectivity index (χ1n) is 7.43. The lowest BCUT2D eigenvalue weighted by atomic mass is 10.2. The molecule has 1 fully saturated rings. The van der Waals surface area contributed by atoms with Crippen LogP contribution in [0.15, 0.2) is 36.5 Å². The lowest BCUT2D eigenvalue weighted by Gasteiger charge is -2.13. The van der Waals surface area contributed by atoms with Gasteiger partial charge in [0.05, 0.1) is 0 Å². The summed E-state index contributed by atoms with van der Waals surface area (Å²) in [6.07, 6.45) is 6.09. The zero-order valence-electron chi connectivity index (χ0n) is 12.2. The lowest BCUT2D eigenvalue weighted by molar-refractivity contribution is 0.0916. The first-order chi connectivity index (χ1) is 10.7. The van der Waals surface area contributed by atoms with Gasteiger partial charge in [-0.1, -0.05) is 24.4 Å². The molecule has 1 saturated carbocycles. The molecule has 2 aromatic rings. The van der Waals surface area contributed by atoms with Gasteiger partial charge in [-0.3, -0.25) is 4.79 Å². The summed E-state index contributed by atoms with van der Waals surface area (Å²) in [4.78, 5) is 12.3. The van der Waals surface area contributed by atoms with Crippen LogP contribution in [0.25, 0.3) is 0 Å². The molecule has 6 heteroatoms. The normalized spacial score (nSPS) is 15.0. The van der Waals surface area contributed by atoms with E-state index in [9.17, 15) is 4.79 Å². The molecule has 0 unspecified atom stereocenters. The molecule has 0 radical (unpaired) electrons. The van der Waals surface area contributed by atoms with Crippen LogP contribution in [0.5, 0.6) is 5.75 Å². The minimum absolute atomic E-state index is 0.0934. The summed E-state index contributed by atoms with van der Waals surface area (Å²) in [6, 6.07) is 9.07. The number of hydrogen-bond donors (Lipinski definition) is 1. The second-order valence-electron chi connectivity index (χ2n) is 5.40. The molecule has 1 heterocycles. The summed E-state index contributed by atoms with van der Waals surface area (Å²) in [6.45, 7) is 0.183. The van der Waals surface area contributed by atoms with Crippen molar-refractivity contribution < 1.29 is 9.53 Å². The van der Waals surface area contributed by atoms with Crippen molar-refractivity contribution in [2.45, 2.75) is 38.5 Å². The van der Waals surface area contributed by atoms with E-state index in [1.54, 1.807) is 41.2 Å². The number of amides is 1. The number of rotatable bonds is 5. The standard InChI is InChI=1S/C16H18ClN3O2/c17-12-5-7-14(8-6-12)22-11-20-15(9-10-18-20)16(21)19-13-3-1-2-4-13/h5-10,13H,1-4,11H2,(H,19,21). The Morgan fingerprint density at radius 2 is 2.00 bits per heavy atom. The lowest BCUT2D eigenvalue weighted by Crippen LogP contribution is -2.34. The van der Waals surface area contributed by atoms with Gasteiger partial charge in [-0.15, -0.1) is 0 Å². The summed E-state index contributed by atoms with van der Waals surface area (Å²) in [5, 5.41) is 7.86. The maximum atomic E-state index is 12.3. The van der Waals surface area contributed by atoms with Crippen LogP contribution in [-0.4, -0.2) is 21.7 Å². The fourth-order valence-corrected chi connectivity index (χ4v) is 2.75. The summed E-state index contributed by atoms with van der Waals surface area (Å²) in [5.41, 5.74) is 0.515. The van der Waals surface area contributed by atoms with E-state index in [-0.39, 0.29) is 18.7 Å². The largest absolute Gasteiger partial charge is 0.471 e. The van der Waals surface area contributed by atoms with Gasteiger partial charge in [0, 0.05) is 17.3 Å². The Morgan fingerprint density at radius 3 is 2.73 bits per heavy atom. The van der Waals surface area contributed by atoms with Gasteiger partial charge in [0.25, 0.3) is 5.91 Å². The van der Waals surface area contributed by atoms with Crippen LogP contribution >= 0.6 is 11.6 Å². The van der Waals surface area contributed by atoms with Crippen LogP contribution in [0.4, 0.5) is 0 Å². The SMILES string of the molecule is O=C(NC1CCCC1)c1ccnn1COc1ccc(Cl)cc1. The average Bonchev–Trinajstić information content (AvgIpc) is 3.17. The van der Waals surface area contributed by atoms with Crippen LogP contribution in [0.1, 0.15) is 36.2 Å². The van der Waals surface area contributed by atoms with Gasteiger partial charge in [-0.2, -0.15) is 5.10 Å². The molecular formula is C16H18ClN3O2. The molecule has 1 aliphatic carbocycles. The fraction of sp³-hybridized carbons (Fsp3) is 0.375. The van der Waals surface area contributed by atoms with Crippen molar-refractivity contribution in [3.05, 3.63) is 47.2 Å². The molecule has 1 amide bonds. The quantitative estimate of drug-likeness (QED) is 0.920. The second-order valence-corrected chi connectivity index (χ2v) is 5.83. The fourth-order valence-electron chi connectivity index (χ4n) is 2.62. The summed E-state index contributed by atoms with van der Waals surface area (Å²) >= 11 is 5.83. The summed E-state index contributed by atoms with van der Waals surface area (Å²) in [5.74, 6) is 0.589. The van der Waals surface area contributed by atoms with Crippen molar-refractivity contribution in [1.82, 2.24) is 15.1 Å². The number of nitrogens with zero attached hydrogens (tertiary/aromatic N) is 2. The monoisotopic (exact) mass is 319 g/mol. The van der Waals surface area contributed by atoms with Crippen LogP contribution in [0.3, 0.4) is 0 Å². The highest BCUT2D eigenvalue weighted by Crippen LogP contribution is 2.18. The molecule has 116 valence electrons. The highest BCUT2D eigenvalue weighted by molar-refractivity contribution is 6.30. The Labute approximate surface area is 134 Å². The molecule has 1 aromatic carbocycles. The smallest absolute Gasteiger partial charge is 0.269 e. The predicted octanol–water partition coefficient (Wildman–Crippen LogP) is 3.25. The average molecular weight is 320 g/mol. The van der Waals surface area contributed by atoms with Crippen molar-refractivity contribution in [1.29, 1.82) is 0 Å². The number of carbonyl (C=O) groups is 1. The Hall–Kier alpha value is -2.01. The highest BCUT2D eigenvalue weighted by atomic mass is 35.5. The maximum absolute atomic E-state index is 12.3. The molecule has 0 aliphatic heterocycles. The molecule has 5 nitrogen and oxygen atoms in total. The third-order valence-electron chi connectivity index (χ3n) is 3.81. The molecular weight excluding hydrogens is 302 g/mol. The predicted molar refractivity (Wildman–Crippen MR) is 84.0 cm³/mol. The van der Waals surface area contributed by atoms with Gasteiger partial charge in [-0.05, 0) is 43.2 Å². The van der Waals surface area contributed by atoms with Gasteiger partial charge >= 0.3 is 0 Å². The first-order valence-corrected chi connectivity index (χ1v) is 7.81. The summed E-state index contributed by atoms with van der Waals surface area (Å²) < 4.78 is 7.18. The van der Waals surface area contributed by atoms with Crippen LogP contribution in [0, 0.1) is 0 Å². The van der Waals surface area contributed by atoms with Crippen LogP contribution in [-0.2, 0) is 6.73 Å². The van der Waals surface area contributed by atoms with Crippen molar-refractivity contribution in [2.75, 3.05) is 0 Å². The minimum atomic E-state index is -0.0934. The van der Waals surface area contributed by atoms with E-state index in [2.05, 4.69) is 10.4 Å². The van der Waals surface area contributed by atoms with E-state index in [1.807, 2.05) is 0 Å². The number of halogens is 1. The Morgan fingerprint density at radius 1 is 1.27 bits per heavy atom. The molecule has 0 bridgehead atoms. The number of benzene rings is 1. The summed E-state index contributed by atoms with van der Waals surface area (Å²) in [7, 11) is 0. The van der Waals surface area contributed by atoms with E-state index in [0.717, 1.165) is 12.8 Å². The highest BCUT2D eigenvalue weighted by Gasteiger charge is 2.20. The number of ether oxygens (including phenoxy) is 1. The van der Waals surface area contributed by atoms with E-state index < -0.39 is 0 Å². The Kier molecular flexibility index (Phi) is 4.63. The molecule has 1 aromatic heterocycles. The second kappa shape index (κ2) is 6.83. The van der Waals surface area contributed by atoms with Gasteiger partial charge in [0.1, 0.15) is 11.4 Å². The van der Waals surface area contributed by atoms with Crippen LogP contribution < -0.4 is 10.1 Å². The van der Waals surface area contributed by atoms with E-state index in [1.165, 1.54) is 12.8 Å². The van der Waals surface area contributed by atoms with Crippen molar-refractivity contribution in [3.63, 3.8) is 0 Å². The Balaban J connectivity index is 1.61. The zero-order chi connectivity index (χ0) is 15.4. The number of aromatic nitrogens is 2. The van der Waals surface area contributed by atoms with Gasteiger partial charge < -0.3 is 10.1 Å². The van der Waals surface area contributed by atoms with Crippen molar-refractivity contribution in [2.24, 2.45) is 0 Å². The number of carbonyl (C=O) groups excluding carboxylic acids is 1. The van der Waals surface area contributed by atoms with Crippen molar-refractivity contribution in [3.8, 4) is 5.75 Å². The molecule has 0 spiro atoms. The maximum Gasteiger partial charge on any atom is 0.269 e. The molecule has 0 saturated heterocycles. The van der Waals surface area contributed by atoms with Crippen molar-refractivity contribution >= 4 is 17.5 Å². The molecule has 1 N–H and O–H groups in total. The van der Waals surface area contributed by atoms with E-state index in [4.69, 9.17) is 16.3 Å². The molecule has 1 aliphatic rings. The zero-order valence-corrected chi connectivity index (χ0v) is 12.9.